The quantitative estimate of drug-likeness (QED) is 0.229. The van der Waals surface area contributed by atoms with E-state index >= 15 is 0 Å². The van der Waals surface area contributed by atoms with Crippen LogP contribution in [0.2, 0.25) is 18.1 Å². The van der Waals surface area contributed by atoms with Crippen molar-refractivity contribution in [2.75, 3.05) is 0 Å². The number of rotatable bonds is 6. The maximum absolute atomic E-state index is 14.2. The van der Waals surface area contributed by atoms with Crippen LogP contribution < -0.4 is 0 Å². The van der Waals surface area contributed by atoms with E-state index in [9.17, 15) is 8.42 Å². The average Bonchev–Trinajstić information content (AvgIpc) is 3.29. The van der Waals surface area contributed by atoms with Crippen molar-refractivity contribution in [3.8, 4) is 0 Å². The molecular formula is C32H37NO3SSi. The molecule has 0 radical (unpaired) electrons. The van der Waals surface area contributed by atoms with Crippen LogP contribution in [-0.4, -0.2) is 20.7 Å². The van der Waals surface area contributed by atoms with Gasteiger partial charge in [0.05, 0.1) is 22.1 Å². The topological polar surface area (TPSA) is 48.3 Å². The molecule has 6 heteroatoms. The lowest BCUT2D eigenvalue weighted by molar-refractivity contribution is 0.333. The second kappa shape index (κ2) is 9.90. The van der Waals surface area contributed by atoms with E-state index in [4.69, 9.17) is 4.43 Å². The smallest absolute Gasteiger partial charge is 0.268 e. The summed E-state index contributed by atoms with van der Waals surface area (Å²) in [4.78, 5) is 0.289. The van der Waals surface area contributed by atoms with Gasteiger partial charge in [0.1, 0.15) is 0 Å². The number of fused-ring (bicyclic) bond motifs is 1. The molecule has 0 aliphatic heterocycles. The van der Waals surface area contributed by atoms with E-state index in [0.29, 0.717) is 5.52 Å². The van der Waals surface area contributed by atoms with E-state index < -0.39 is 18.3 Å². The van der Waals surface area contributed by atoms with Gasteiger partial charge in [-0.2, -0.15) is 0 Å². The molecule has 1 unspecified atom stereocenters. The van der Waals surface area contributed by atoms with Gasteiger partial charge >= 0.3 is 0 Å². The highest BCUT2D eigenvalue weighted by Crippen LogP contribution is 2.48. The lowest BCUT2D eigenvalue weighted by Crippen LogP contribution is -2.41. The average molecular weight is 544 g/mol. The van der Waals surface area contributed by atoms with Gasteiger partial charge in [-0.25, -0.2) is 12.4 Å². The Bertz CT molecular complexity index is 1580. The zero-order valence-electron chi connectivity index (χ0n) is 22.9. The molecule has 5 rings (SSSR count). The van der Waals surface area contributed by atoms with Gasteiger partial charge in [0.25, 0.3) is 10.0 Å². The second-order valence-corrected chi connectivity index (χ2v) is 18.2. The van der Waals surface area contributed by atoms with E-state index in [0.717, 1.165) is 41.7 Å². The van der Waals surface area contributed by atoms with Gasteiger partial charge in [0, 0.05) is 11.1 Å². The van der Waals surface area contributed by atoms with Crippen LogP contribution in [0.3, 0.4) is 0 Å². The maximum Gasteiger partial charge on any atom is 0.268 e. The largest absolute Gasteiger partial charge is 0.546 e. The lowest BCUT2D eigenvalue weighted by Gasteiger charge is -2.41. The highest BCUT2D eigenvalue weighted by molar-refractivity contribution is 7.90. The number of hydrogen-bond acceptors (Lipinski definition) is 3. The summed E-state index contributed by atoms with van der Waals surface area (Å²) in [5.41, 5.74) is 3.82. The molecule has 0 saturated carbocycles. The summed E-state index contributed by atoms with van der Waals surface area (Å²) in [7, 11) is -6.05. The van der Waals surface area contributed by atoms with E-state index in [1.807, 2.05) is 36.4 Å². The first kappa shape index (κ1) is 26.5. The van der Waals surface area contributed by atoms with Crippen LogP contribution in [0.5, 0.6) is 0 Å². The monoisotopic (exact) mass is 543 g/mol. The third-order valence-electron chi connectivity index (χ3n) is 8.16. The first-order valence-corrected chi connectivity index (χ1v) is 17.7. The Labute approximate surface area is 228 Å². The van der Waals surface area contributed by atoms with Crippen molar-refractivity contribution < 1.29 is 12.8 Å². The maximum atomic E-state index is 14.2. The van der Waals surface area contributed by atoms with E-state index in [1.54, 1.807) is 28.2 Å². The first-order chi connectivity index (χ1) is 18.0. The fraction of sp³-hybridized carbons (Fsp3) is 0.312. The molecule has 38 heavy (non-hydrogen) atoms. The molecule has 0 spiro atoms. The van der Waals surface area contributed by atoms with E-state index in [1.165, 1.54) is 5.57 Å². The van der Waals surface area contributed by atoms with Gasteiger partial charge in [-0.15, -0.1) is 0 Å². The Hall–Kier alpha value is -3.09. The van der Waals surface area contributed by atoms with Gasteiger partial charge < -0.3 is 4.43 Å². The molecule has 3 aromatic carbocycles. The van der Waals surface area contributed by atoms with Crippen LogP contribution in [-0.2, 0) is 14.4 Å². The summed E-state index contributed by atoms with van der Waals surface area (Å²) < 4.78 is 37.1. The molecule has 1 heterocycles. The molecule has 198 valence electrons. The van der Waals surface area contributed by atoms with Crippen LogP contribution in [0.25, 0.3) is 16.5 Å². The molecule has 0 N–H and O–H groups in total. The predicted molar refractivity (Wildman–Crippen MR) is 159 cm³/mol. The molecule has 1 atom stereocenters. The zero-order valence-corrected chi connectivity index (χ0v) is 24.8. The molecule has 0 bridgehead atoms. The van der Waals surface area contributed by atoms with Gasteiger partial charge in [-0.1, -0.05) is 87.5 Å². The Balaban J connectivity index is 1.78. The van der Waals surface area contributed by atoms with Crippen molar-refractivity contribution in [2.24, 2.45) is 0 Å². The Morgan fingerprint density at radius 3 is 2.13 bits per heavy atom. The lowest BCUT2D eigenvalue weighted by atomic mass is 9.83. The minimum Gasteiger partial charge on any atom is -0.546 e. The number of aromatic nitrogens is 1. The summed E-state index contributed by atoms with van der Waals surface area (Å²) >= 11 is 0. The van der Waals surface area contributed by atoms with Crippen molar-refractivity contribution in [2.45, 2.75) is 69.0 Å². The molecule has 4 aromatic rings. The molecule has 1 aliphatic rings. The van der Waals surface area contributed by atoms with Gasteiger partial charge in [-0.05, 0) is 72.8 Å². The molecular weight excluding hydrogens is 507 g/mol. The van der Waals surface area contributed by atoms with Crippen LogP contribution >= 0.6 is 0 Å². The highest BCUT2D eigenvalue weighted by Gasteiger charge is 2.43. The van der Waals surface area contributed by atoms with Crippen LogP contribution in [0.1, 0.15) is 57.2 Å². The van der Waals surface area contributed by atoms with Gasteiger partial charge in [0.15, 0.2) is 0 Å². The van der Waals surface area contributed by atoms with Crippen molar-refractivity contribution in [1.82, 2.24) is 3.97 Å². The van der Waals surface area contributed by atoms with E-state index in [-0.39, 0.29) is 15.9 Å². The third kappa shape index (κ3) is 4.76. The molecule has 1 aliphatic carbocycles. The van der Waals surface area contributed by atoms with Gasteiger partial charge in [0.2, 0.25) is 8.32 Å². The Morgan fingerprint density at radius 1 is 0.868 bits per heavy atom. The summed E-state index contributed by atoms with van der Waals surface area (Å²) in [6, 6.07) is 29.0. The fourth-order valence-electron chi connectivity index (χ4n) is 5.08. The molecule has 0 amide bonds. The third-order valence-corrected chi connectivity index (χ3v) is 14.3. The summed E-state index contributed by atoms with van der Waals surface area (Å²) in [5.74, 6) is 0.778. The Kier molecular flexibility index (Phi) is 6.91. The van der Waals surface area contributed by atoms with Crippen molar-refractivity contribution in [1.29, 1.82) is 0 Å². The molecule has 0 fully saturated rings. The second-order valence-electron chi connectivity index (χ2n) is 11.7. The molecule has 4 nitrogen and oxygen atoms in total. The minimum atomic E-state index is -3.83. The number of benzene rings is 3. The fourth-order valence-corrected chi connectivity index (χ4v) is 7.79. The zero-order chi connectivity index (χ0) is 27.1. The Morgan fingerprint density at radius 2 is 1.47 bits per heavy atom. The summed E-state index contributed by atoms with van der Waals surface area (Å²) in [6.45, 7) is 11.3. The van der Waals surface area contributed by atoms with Crippen LogP contribution in [0.15, 0.2) is 102 Å². The minimum absolute atomic E-state index is 0.00656. The molecule has 0 saturated heterocycles. The molecule has 1 aromatic heterocycles. The highest BCUT2D eigenvalue weighted by atomic mass is 32.2. The van der Waals surface area contributed by atoms with Crippen molar-refractivity contribution in [3.63, 3.8) is 0 Å². The normalized spacial score (nSPS) is 17.1. The van der Waals surface area contributed by atoms with Crippen molar-refractivity contribution in [3.05, 3.63) is 108 Å². The first-order valence-electron chi connectivity index (χ1n) is 13.4. The number of nitrogens with zero attached hydrogens (tertiary/aromatic N) is 1. The van der Waals surface area contributed by atoms with E-state index in [2.05, 4.69) is 64.2 Å². The predicted octanol–water partition coefficient (Wildman–Crippen LogP) is 8.58. The number of hydrogen-bond donors (Lipinski definition) is 0. The van der Waals surface area contributed by atoms with Crippen LogP contribution in [0.4, 0.5) is 0 Å². The summed E-state index contributed by atoms with van der Waals surface area (Å²) in [6.07, 6.45) is 2.71. The number of para-hydroxylation sites is 1. The number of allylic oxidation sites excluding steroid dienone is 2. The van der Waals surface area contributed by atoms with Gasteiger partial charge in [-0.3, -0.25) is 0 Å². The summed E-state index contributed by atoms with van der Waals surface area (Å²) in [5, 5.41) is 0.924. The standard InChI is InChI=1S/C32H37NO3SSi/c1-32(2,3)38(4,5)36-31-27(24-15-8-6-9-16-24)20-14-21-28(31)30-23-25-17-12-13-22-29(25)33(30)37(34,35)26-18-10-7-11-19-26/h6-13,15-19,22-23,28H,14,20-21H2,1-5H3. The SMILES string of the molecule is CC(C)(C)[Si](C)(C)OC1=C(c2ccccc2)CCCC1c1cc2ccccc2n1S(=O)(=O)c1ccccc1. The van der Waals surface area contributed by atoms with Crippen LogP contribution in [0, 0.1) is 0 Å². The van der Waals surface area contributed by atoms with Crippen molar-refractivity contribution >= 4 is 34.8 Å².